The van der Waals surface area contributed by atoms with Gasteiger partial charge in [0.05, 0.1) is 12.7 Å². The van der Waals surface area contributed by atoms with E-state index in [0.717, 1.165) is 6.07 Å². The Bertz CT molecular complexity index is 892. The highest BCUT2D eigenvalue weighted by molar-refractivity contribution is 6.06. The van der Waals surface area contributed by atoms with E-state index in [1.807, 2.05) is 0 Å². The summed E-state index contributed by atoms with van der Waals surface area (Å²) in [5, 5.41) is 10.4. The second kappa shape index (κ2) is 6.49. The maximum atomic E-state index is 13.4. The maximum absolute atomic E-state index is 13.4. The largest absolute Gasteiger partial charge is 0.496 e. The van der Waals surface area contributed by atoms with Crippen molar-refractivity contribution in [2.24, 2.45) is 0 Å². The van der Waals surface area contributed by atoms with Crippen molar-refractivity contribution < 1.29 is 18.3 Å². The Morgan fingerprint density at radius 1 is 1.21 bits per heavy atom. The van der Waals surface area contributed by atoms with Crippen LogP contribution in [0.2, 0.25) is 0 Å². The van der Waals surface area contributed by atoms with Crippen LogP contribution in [-0.2, 0) is 0 Å². The first kappa shape index (κ1) is 15.7. The lowest BCUT2D eigenvalue weighted by molar-refractivity contribution is 0.102. The zero-order chi connectivity index (χ0) is 17.1. The lowest BCUT2D eigenvalue weighted by Crippen LogP contribution is -2.13. The summed E-state index contributed by atoms with van der Waals surface area (Å²) in [6.45, 7) is 1.69. The fourth-order valence-electron chi connectivity index (χ4n) is 2.20. The molecule has 0 aliphatic heterocycles. The Labute approximate surface area is 137 Å². The Balaban J connectivity index is 1.86. The van der Waals surface area contributed by atoms with Gasteiger partial charge in [-0.1, -0.05) is 6.07 Å². The first-order valence-corrected chi connectivity index (χ1v) is 7.12. The minimum atomic E-state index is -0.518. The SMILES string of the molecule is COc1ccc(F)cc1C(=O)Nc1cccc(-c2nnc(C)o2)c1. The molecule has 0 bridgehead atoms. The summed E-state index contributed by atoms with van der Waals surface area (Å²) in [5.41, 5.74) is 1.29. The molecule has 0 radical (unpaired) electrons. The van der Waals surface area contributed by atoms with Crippen molar-refractivity contribution in [3.8, 4) is 17.2 Å². The average molecular weight is 327 g/mol. The van der Waals surface area contributed by atoms with E-state index in [2.05, 4.69) is 15.5 Å². The molecule has 0 unspecified atom stereocenters. The first-order chi connectivity index (χ1) is 11.6. The van der Waals surface area contributed by atoms with Crippen molar-refractivity contribution in [3.63, 3.8) is 0 Å². The zero-order valence-electron chi connectivity index (χ0n) is 13.0. The van der Waals surface area contributed by atoms with Gasteiger partial charge in [0.15, 0.2) is 0 Å². The molecule has 0 saturated heterocycles. The summed E-state index contributed by atoms with van der Waals surface area (Å²) in [5.74, 6) is 0.0923. The number of hydrogen-bond acceptors (Lipinski definition) is 5. The maximum Gasteiger partial charge on any atom is 0.259 e. The normalized spacial score (nSPS) is 10.5. The number of methoxy groups -OCH3 is 1. The Morgan fingerprint density at radius 2 is 2.04 bits per heavy atom. The predicted molar refractivity (Wildman–Crippen MR) is 85.4 cm³/mol. The Kier molecular flexibility index (Phi) is 4.24. The van der Waals surface area contributed by atoms with Gasteiger partial charge < -0.3 is 14.5 Å². The number of nitrogens with one attached hydrogen (secondary N) is 1. The van der Waals surface area contributed by atoms with Crippen molar-refractivity contribution in [1.82, 2.24) is 10.2 Å². The molecule has 122 valence electrons. The minimum Gasteiger partial charge on any atom is -0.496 e. The van der Waals surface area contributed by atoms with Gasteiger partial charge in [0.25, 0.3) is 5.91 Å². The molecular weight excluding hydrogens is 313 g/mol. The molecule has 7 heteroatoms. The molecule has 1 N–H and O–H groups in total. The van der Waals surface area contributed by atoms with Crippen LogP contribution >= 0.6 is 0 Å². The number of ether oxygens (including phenoxy) is 1. The molecular formula is C17H14FN3O3. The molecule has 1 aromatic heterocycles. The van der Waals surface area contributed by atoms with Crippen LogP contribution < -0.4 is 10.1 Å². The number of aryl methyl sites for hydroxylation is 1. The molecule has 1 heterocycles. The zero-order valence-corrected chi connectivity index (χ0v) is 13.0. The lowest BCUT2D eigenvalue weighted by atomic mass is 10.1. The number of rotatable bonds is 4. The lowest BCUT2D eigenvalue weighted by Gasteiger charge is -2.10. The van der Waals surface area contributed by atoms with Gasteiger partial charge >= 0.3 is 0 Å². The summed E-state index contributed by atoms with van der Waals surface area (Å²) in [4.78, 5) is 12.4. The van der Waals surface area contributed by atoms with E-state index in [1.165, 1.54) is 19.2 Å². The number of carbonyl (C=O) groups is 1. The Morgan fingerprint density at radius 3 is 2.75 bits per heavy atom. The van der Waals surface area contributed by atoms with Gasteiger partial charge in [0, 0.05) is 18.2 Å². The van der Waals surface area contributed by atoms with E-state index in [1.54, 1.807) is 31.2 Å². The van der Waals surface area contributed by atoms with Gasteiger partial charge in [0.1, 0.15) is 11.6 Å². The van der Waals surface area contributed by atoms with Crippen LogP contribution in [0.15, 0.2) is 46.9 Å². The third-order valence-corrected chi connectivity index (χ3v) is 3.30. The van der Waals surface area contributed by atoms with Crippen LogP contribution in [0, 0.1) is 12.7 Å². The smallest absolute Gasteiger partial charge is 0.259 e. The third-order valence-electron chi connectivity index (χ3n) is 3.30. The van der Waals surface area contributed by atoms with E-state index in [4.69, 9.17) is 9.15 Å². The van der Waals surface area contributed by atoms with Gasteiger partial charge in [-0.15, -0.1) is 10.2 Å². The molecule has 0 aliphatic carbocycles. The van der Waals surface area contributed by atoms with Crippen molar-refractivity contribution in [2.45, 2.75) is 6.92 Å². The monoisotopic (exact) mass is 327 g/mol. The second-order valence-corrected chi connectivity index (χ2v) is 5.01. The molecule has 1 amide bonds. The van der Waals surface area contributed by atoms with Crippen LogP contribution in [0.1, 0.15) is 16.2 Å². The number of aromatic nitrogens is 2. The summed E-state index contributed by atoms with van der Waals surface area (Å²) >= 11 is 0. The van der Waals surface area contributed by atoms with E-state index >= 15 is 0 Å². The molecule has 0 aliphatic rings. The van der Waals surface area contributed by atoms with Gasteiger partial charge in [-0.05, 0) is 36.4 Å². The van der Waals surface area contributed by atoms with E-state index in [9.17, 15) is 9.18 Å². The number of benzene rings is 2. The van der Waals surface area contributed by atoms with Crippen LogP contribution in [0.25, 0.3) is 11.5 Å². The number of hydrogen-bond donors (Lipinski definition) is 1. The molecule has 24 heavy (non-hydrogen) atoms. The molecule has 0 saturated carbocycles. The quantitative estimate of drug-likeness (QED) is 0.794. The number of anilines is 1. The highest BCUT2D eigenvalue weighted by Gasteiger charge is 2.14. The minimum absolute atomic E-state index is 0.108. The van der Waals surface area contributed by atoms with Crippen LogP contribution in [0.4, 0.5) is 10.1 Å². The van der Waals surface area contributed by atoms with Crippen LogP contribution in [-0.4, -0.2) is 23.2 Å². The standard InChI is InChI=1S/C17H14FN3O3/c1-10-20-21-17(24-10)11-4-3-5-13(8-11)19-16(22)14-9-12(18)6-7-15(14)23-2/h3-9H,1-2H3,(H,19,22). The molecule has 2 aromatic carbocycles. The summed E-state index contributed by atoms with van der Waals surface area (Å²) < 4.78 is 23.9. The van der Waals surface area contributed by atoms with Crippen LogP contribution in [0.3, 0.4) is 0 Å². The van der Waals surface area contributed by atoms with Gasteiger partial charge in [-0.3, -0.25) is 4.79 Å². The summed E-state index contributed by atoms with van der Waals surface area (Å²) in [6, 6.07) is 10.7. The summed E-state index contributed by atoms with van der Waals surface area (Å²) in [7, 11) is 1.42. The van der Waals surface area contributed by atoms with Crippen molar-refractivity contribution >= 4 is 11.6 Å². The van der Waals surface area contributed by atoms with Gasteiger partial charge in [-0.2, -0.15) is 0 Å². The van der Waals surface area contributed by atoms with E-state index in [-0.39, 0.29) is 11.3 Å². The second-order valence-electron chi connectivity index (χ2n) is 5.01. The average Bonchev–Trinajstić information content (AvgIpc) is 3.01. The predicted octanol–water partition coefficient (Wildman–Crippen LogP) is 3.45. The fraction of sp³-hybridized carbons (Fsp3) is 0.118. The first-order valence-electron chi connectivity index (χ1n) is 7.12. The molecule has 6 nitrogen and oxygen atoms in total. The van der Waals surface area contributed by atoms with Crippen molar-refractivity contribution in [1.29, 1.82) is 0 Å². The summed E-state index contributed by atoms with van der Waals surface area (Å²) in [6.07, 6.45) is 0. The highest BCUT2D eigenvalue weighted by Crippen LogP contribution is 2.24. The number of amides is 1. The highest BCUT2D eigenvalue weighted by atomic mass is 19.1. The molecule has 0 atom stereocenters. The molecule has 0 fully saturated rings. The van der Waals surface area contributed by atoms with Crippen LogP contribution in [0.5, 0.6) is 5.75 Å². The number of nitrogens with zero attached hydrogens (tertiary/aromatic N) is 2. The Hall–Kier alpha value is -3.22. The van der Waals surface area contributed by atoms with Gasteiger partial charge in [0.2, 0.25) is 11.8 Å². The van der Waals surface area contributed by atoms with Gasteiger partial charge in [-0.25, -0.2) is 4.39 Å². The fourth-order valence-corrected chi connectivity index (χ4v) is 2.20. The number of carbonyl (C=O) groups excluding carboxylic acids is 1. The van der Waals surface area contributed by atoms with Crippen molar-refractivity contribution in [3.05, 3.63) is 59.7 Å². The van der Waals surface area contributed by atoms with E-state index < -0.39 is 11.7 Å². The third kappa shape index (κ3) is 3.24. The number of halogens is 1. The molecule has 3 rings (SSSR count). The molecule has 0 spiro atoms. The molecule has 3 aromatic rings. The van der Waals surface area contributed by atoms with E-state index in [0.29, 0.717) is 23.0 Å². The topological polar surface area (TPSA) is 77.2 Å². The van der Waals surface area contributed by atoms with Crippen molar-refractivity contribution in [2.75, 3.05) is 12.4 Å².